The normalized spacial score (nSPS) is 13.1. The standard InChI is InChI=1S/C21H20F3NO4/c22-21(23,24)16-4-1-14(2-5-16)9-10-25-20(27)8-6-17(26)15-3-7-18-19(13-15)29-12-11-28-18/h1-5,7,13H,6,8-12H2,(H,25,27). The number of fused-ring (bicyclic) bond motifs is 1. The number of ketones is 1. The highest BCUT2D eigenvalue weighted by Gasteiger charge is 2.29. The number of hydrogen-bond acceptors (Lipinski definition) is 4. The maximum Gasteiger partial charge on any atom is 0.416 e. The van der Waals surface area contributed by atoms with Crippen LogP contribution in [-0.2, 0) is 17.4 Å². The second-order valence-corrected chi connectivity index (χ2v) is 6.58. The predicted molar refractivity (Wildman–Crippen MR) is 99.2 cm³/mol. The Bertz CT molecular complexity index is 878. The lowest BCUT2D eigenvalue weighted by Gasteiger charge is -2.18. The highest BCUT2D eigenvalue weighted by molar-refractivity contribution is 5.98. The summed E-state index contributed by atoms with van der Waals surface area (Å²) < 4.78 is 48.5. The van der Waals surface area contributed by atoms with Crippen LogP contribution in [0.2, 0.25) is 0 Å². The molecule has 0 spiro atoms. The molecule has 154 valence electrons. The van der Waals surface area contributed by atoms with Crippen LogP contribution >= 0.6 is 0 Å². The number of nitrogens with one attached hydrogen (secondary N) is 1. The van der Waals surface area contributed by atoms with Gasteiger partial charge in [0.1, 0.15) is 13.2 Å². The van der Waals surface area contributed by atoms with Crippen molar-refractivity contribution < 1.29 is 32.2 Å². The van der Waals surface area contributed by atoms with Crippen LogP contribution < -0.4 is 14.8 Å². The minimum absolute atomic E-state index is 0.0281. The van der Waals surface area contributed by atoms with E-state index < -0.39 is 11.7 Å². The summed E-state index contributed by atoms with van der Waals surface area (Å²) in [6.45, 7) is 1.17. The average Bonchev–Trinajstić information content (AvgIpc) is 2.71. The van der Waals surface area contributed by atoms with E-state index >= 15 is 0 Å². The largest absolute Gasteiger partial charge is 0.486 e. The zero-order chi connectivity index (χ0) is 20.9. The monoisotopic (exact) mass is 407 g/mol. The molecule has 0 saturated carbocycles. The number of amides is 1. The summed E-state index contributed by atoms with van der Waals surface area (Å²) >= 11 is 0. The Kier molecular flexibility index (Phi) is 6.41. The summed E-state index contributed by atoms with van der Waals surface area (Å²) in [5, 5.41) is 2.67. The van der Waals surface area contributed by atoms with Gasteiger partial charge in [0.05, 0.1) is 5.56 Å². The van der Waals surface area contributed by atoms with Gasteiger partial charge in [-0.3, -0.25) is 9.59 Å². The van der Waals surface area contributed by atoms with Crippen molar-refractivity contribution >= 4 is 11.7 Å². The Morgan fingerprint density at radius 2 is 1.62 bits per heavy atom. The number of carbonyl (C=O) groups excluding carboxylic acids is 2. The maximum absolute atomic E-state index is 12.5. The van der Waals surface area contributed by atoms with Gasteiger partial charge in [-0.05, 0) is 42.3 Å². The van der Waals surface area contributed by atoms with Crippen LogP contribution in [0.5, 0.6) is 11.5 Å². The molecule has 29 heavy (non-hydrogen) atoms. The quantitative estimate of drug-likeness (QED) is 0.710. The van der Waals surface area contributed by atoms with Gasteiger partial charge in [0.15, 0.2) is 17.3 Å². The zero-order valence-corrected chi connectivity index (χ0v) is 15.6. The van der Waals surface area contributed by atoms with Gasteiger partial charge in [0.25, 0.3) is 0 Å². The van der Waals surface area contributed by atoms with Crippen LogP contribution in [0.25, 0.3) is 0 Å². The summed E-state index contributed by atoms with van der Waals surface area (Å²) in [5.41, 5.74) is 0.431. The van der Waals surface area contributed by atoms with E-state index in [9.17, 15) is 22.8 Å². The summed E-state index contributed by atoms with van der Waals surface area (Å²) in [7, 11) is 0. The topological polar surface area (TPSA) is 64.6 Å². The summed E-state index contributed by atoms with van der Waals surface area (Å²) in [6.07, 6.45) is -3.89. The van der Waals surface area contributed by atoms with Crippen molar-refractivity contribution in [1.29, 1.82) is 0 Å². The average molecular weight is 407 g/mol. The van der Waals surface area contributed by atoms with Gasteiger partial charge in [0.2, 0.25) is 5.91 Å². The van der Waals surface area contributed by atoms with Crippen molar-refractivity contribution in [3.8, 4) is 11.5 Å². The van der Waals surface area contributed by atoms with E-state index in [1.807, 2.05) is 0 Å². The lowest BCUT2D eigenvalue weighted by molar-refractivity contribution is -0.137. The molecule has 0 aliphatic carbocycles. The fourth-order valence-electron chi connectivity index (χ4n) is 2.88. The van der Waals surface area contributed by atoms with Crippen LogP contribution in [-0.4, -0.2) is 31.4 Å². The van der Waals surface area contributed by atoms with Crippen LogP contribution in [0, 0.1) is 0 Å². The molecule has 0 radical (unpaired) electrons. The third kappa shape index (κ3) is 5.73. The number of alkyl halides is 3. The highest BCUT2D eigenvalue weighted by atomic mass is 19.4. The molecule has 1 heterocycles. The highest BCUT2D eigenvalue weighted by Crippen LogP contribution is 2.31. The molecule has 1 N–H and O–H groups in total. The van der Waals surface area contributed by atoms with Gasteiger partial charge in [-0.15, -0.1) is 0 Å². The molecule has 0 saturated heterocycles. The molecule has 8 heteroatoms. The van der Waals surface area contributed by atoms with Crippen LogP contribution in [0.3, 0.4) is 0 Å². The number of Topliss-reactive ketones (excluding diaryl/α,β-unsaturated/α-hetero) is 1. The molecule has 5 nitrogen and oxygen atoms in total. The molecule has 0 fully saturated rings. The molecule has 1 amide bonds. The first-order chi connectivity index (χ1) is 13.8. The van der Waals surface area contributed by atoms with E-state index in [1.54, 1.807) is 18.2 Å². The molecular weight excluding hydrogens is 387 g/mol. The molecule has 1 aliphatic heterocycles. The third-order valence-electron chi connectivity index (χ3n) is 4.46. The van der Waals surface area contributed by atoms with E-state index in [0.717, 1.165) is 12.1 Å². The molecule has 3 rings (SSSR count). The number of halogens is 3. The number of ether oxygens (including phenoxy) is 2. The molecule has 0 aromatic heterocycles. The fraction of sp³-hybridized carbons (Fsp3) is 0.333. The molecule has 0 atom stereocenters. The Morgan fingerprint density at radius 1 is 0.931 bits per heavy atom. The minimum Gasteiger partial charge on any atom is -0.486 e. The molecule has 2 aromatic carbocycles. The molecule has 2 aromatic rings. The lowest BCUT2D eigenvalue weighted by atomic mass is 10.1. The van der Waals surface area contributed by atoms with Gasteiger partial charge in [-0.25, -0.2) is 0 Å². The Balaban J connectivity index is 1.41. The van der Waals surface area contributed by atoms with Gasteiger partial charge < -0.3 is 14.8 Å². The minimum atomic E-state index is -4.36. The molecule has 1 aliphatic rings. The van der Waals surface area contributed by atoms with Crippen molar-refractivity contribution in [3.05, 3.63) is 59.2 Å². The first kappa shape index (κ1) is 20.7. The Labute approximate surface area is 165 Å². The van der Waals surface area contributed by atoms with E-state index in [-0.39, 0.29) is 31.1 Å². The van der Waals surface area contributed by atoms with Crippen LogP contribution in [0.4, 0.5) is 13.2 Å². The smallest absolute Gasteiger partial charge is 0.416 e. The van der Waals surface area contributed by atoms with E-state index in [2.05, 4.69) is 5.32 Å². The number of benzene rings is 2. The van der Waals surface area contributed by atoms with Crippen molar-refractivity contribution in [1.82, 2.24) is 5.32 Å². The van der Waals surface area contributed by atoms with Crippen LogP contribution in [0.15, 0.2) is 42.5 Å². The van der Waals surface area contributed by atoms with Crippen molar-refractivity contribution in [2.24, 2.45) is 0 Å². The second-order valence-electron chi connectivity index (χ2n) is 6.58. The van der Waals surface area contributed by atoms with Gasteiger partial charge >= 0.3 is 6.18 Å². The van der Waals surface area contributed by atoms with Crippen LogP contribution in [0.1, 0.15) is 34.3 Å². The first-order valence-corrected chi connectivity index (χ1v) is 9.18. The van der Waals surface area contributed by atoms with E-state index in [4.69, 9.17) is 9.47 Å². The lowest BCUT2D eigenvalue weighted by Crippen LogP contribution is -2.26. The van der Waals surface area contributed by atoms with Crippen molar-refractivity contribution in [2.75, 3.05) is 19.8 Å². The van der Waals surface area contributed by atoms with Gasteiger partial charge in [0, 0.05) is 24.9 Å². The summed E-state index contributed by atoms with van der Waals surface area (Å²) in [6, 6.07) is 9.73. The molecular formula is C21H20F3NO4. The number of hydrogen-bond donors (Lipinski definition) is 1. The van der Waals surface area contributed by atoms with Gasteiger partial charge in [-0.2, -0.15) is 13.2 Å². The Morgan fingerprint density at radius 3 is 2.31 bits per heavy atom. The summed E-state index contributed by atoms with van der Waals surface area (Å²) in [4.78, 5) is 24.2. The zero-order valence-electron chi connectivity index (χ0n) is 15.6. The molecule has 0 unspecified atom stereocenters. The predicted octanol–water partition coefficient (Wildman–Crippen LogP) is 3.80. The van der Waals surface area contributed by atoms with E-state index in [0.29, 0.717) is 42.3 Å². The maximum atomic E-state index is 12.5. The number of carbonyl (C=O) groups is 2. The van der Waals surface area contributed by atoms with Gasteiger partial charge in [-0.1, -0.05) is 12.1 Å². The molecule has 0 bridgehead atoms. The van der Waals surface area contributed by atoms with E-state index in [1.165, 1.54) is 12.1 Å². The fourth-order valence-corrected chi connectivity index (χ4v) is 2.88. The SMILES string of the molecule is O=C(CCC(=O)c1ccc2c(c1)OCCO2)NCCc1ccc(C(F)(F)F)cc1. The second kappa shape index (κ2) is 8.98. The third-order valence-corrected chi connectivity index (χ3v) is 4.46. The Hall–Kier alpha value is -3.03. The summed E-state index contributed by atoms with van der Waals surface area (Å²) in [5.74, 6) is 0.638. The number of rotatable bonds is 7. The van der Waals surface area contributed by atoms with Crippen molar-refractivity contribution in [2.45, 2.75) is 25.4 Å². The van der Waals surface area contributed by atoms with Crippen molar-refractivity contribution in [3.63, 3.8) is 0 Å². The first-order valence-electron chi connectivity index (χ1n) is 9.18.